The zero-order valence-corrected chi connectivity index (χ0v) is 6.87. The van der Waals surface area contributed by atoms with Gasteiger partial charge in [-0.15, -0.1) is 0 Å². The first-order valence-electron chi connectivity index (χ1n) is 3.67. The van der Waals surface area contributed by atoms with E-state index in [1.807, 2.05) is 0 Å². The maximum absolute atomic E-state index is 10.6. The summed E-state index contributed by atoms with van der Waals surface area (Å²) in [6, 6.07) is -0.451. The van der Waals surface area contributed by atoms with E-state index >= 15 is 0 Å². The van der Waals surface area contributed by atoms with Gasteiger partial charge in [0.1, 0.15) is 0 Å². The second-order valence-electron chi connectivity index (χ2n) is 3.28. The Hall–Kier alpha value is -1.10. The van der Waals surface area contributed by atoms with Crippen molar-refractivity contribution in [1.82, 2.24) is 5.32 Å². The van der Waals surface area contributed by atoms with Crippen LogP contribution in [0.3, 0.4) is 0 Å². The summed E-state index contributed by atoms with van der Waals surface area (Å²) in [5.74, 6) is -2.61. The van der Waals surface area contributed by atoms with Gasteiger partial charge in [-0.2, -0.15) is 0 Å². The molecule has 0 aromatic heterocycles. The maximum Gasteiger partial charge on any atom is 0.337 e. The van der Waals surface area contributed by atoms with Crippen molar-refractivity contribution < 1.29 is 19.8 Å². The number of nitrogens with one attached hydrogen (secondary N) is 1. The van der Waals surface area contributed by atoms with Crippen LogP contribution in [0, 0.1) is 5.92 Å². The van der Waals surface area contributed by atoms with Crippen molar-refractivity contribution in [2.24, 2.45) is 5.92 Å². The van der Waals surface area contributed by atoms with Crippen LogP contribution in [0.4, 0.5) is 0 Å². The minimum absolute atomic E-state index is 0.0113. The molecule has 1 rings (SSSR count). The van der Waals surface area contributed by atoms with E-state index in [9.17, 15) is 9.59 Å². The van der Waals surface area contributed by atoms with Crippen molar-refractivity contribution in [2.45, 2.75) is 25.4 Å². The van der Waals surface area contributed by atoms with Gasteiger partial charge in [0, 0.05) is 0 Å². The first kappa shape index (κ1) is 8.99. The Balaban J connectivity index is 2.83. The highest BCUT2D eigenvalue weighted by atomic mass is 16.4. The lowest BCUT2D eigenvalue weighted by atomic mass is 9.97. The smallest absolute Gasteiger partial charge is 0.337 e. The third-order valence-corrected chi connectivity index (χ3v) is 2.11. The Morgan fingerprint density at radius 2 is 1.75 bits per heavy atom. The molecule has 1 fully saturated rings. The number of carboxylic acids is 2. The van der Waals surface area contributed by atoms with Crippen LogP contribution in [-0.4, -0.2) is 33.7 Å². The predicted molar refractivity (Wildman–Crippen MR) is 39.8 cm³/mol. The van der Waals surface area contributed by atoms with E-state index < -0.39 is 23.5 Å². The molecule has 3 N–H and O–H groups in total. The van der Waals surface area contributed by atoms with E-state index in [0.717, 1.165) is 0 Å². The SMILES string of the molecule is CC(C)[C@@H]1NC1(C(=O)O)C(=O)O. The minimum Gasteiger partial charge on any atom is -0.479 e. The lowest BCUT2D eigenvalue weighted by Crippen LogP contribution is -2.39. The summed E-state index contributed by atoms with van der Waals surface area (Å²) in [6.45, 7) is 3.57. The van der Waals surface area contributed by atoms with Crippen molar-refractivity contribution in [3.8, 4) is 0 Å². The summed E-state index contributed by atoms with van der Waals surface area (Å²) in [5, 5.41) is 19.8. The normalized spacial score (nSPS) is 25.4. The molecule has 0 bridgehead atoms. The number of aliphatic carboxylic acids is 2. The molecule has 0 spiro atoms. The standard InChI is InChI=1S/C7H11NO4/c1-3(2)4-7(8-4,5(9)10)6(11)12/h3-4,8H,1-2H3,(H,9,10)(H,11,12)/t4-/m0/s1. The fourth-order valence-electron chi connectivity index (χ4n) is 1.35. The summed E-state index contributed by atoms with van der Waals surface area (Å²) in [7, 11) is 0. The van der Waals surface area contributed by atoms with E-state index in [1.54, 1.807) is 13.8 Å². The molecule has 1 aliphatic heterocycles. The molecule has 0 radical (unpaired) electrons. The van der Waals surface area contributed by atoms with Gasteiger partial charge in [-0.3, -0.25) is 5.32 Å². The fourth-order valence-corrected chi connectivity index (χ4v) is 1.35. The summed E-state index contributed by atoms with van der Waals surface area (Å²) >= 11 is 0. The van der Waals surface area contributed by atoms with Gasteiger partial charge in [0.25, 0.3) is 0 Å². The summed E-state index contributed by atoms with van der Waals surface area (Å²) < 4.78 is 0. The van der Waals surface area contributed by atoms with Crippen LogP contribution < -0.4 is 5.32 Å². The maximum atomic E-state index is 10.6. The molecule has 0 unspecified atom stereocenters. The van der Waals surface area contributed by atoms with Gasteiger partial charge in [-0.25, -0.2) is 9.59 Å². The molecule has 1 aliphatic rings. The zero-order valence-electron chi connectivity index (χ0n) is 6.87. The van der Waals surface area contributed by atoms with Crippen LogP contribution in [0.15, 0.2) is 0 Å². The molecule has 0 amide bonds. The van der Waals surface area contributed by atoms with Gasteiger partial charge in [0.05, 0.1) is 6.04 Å². The second-order valence-corrected chi connectivity index (χ2v) is 3.28. The first-order chi connectivity index (χ1) is 5.43. The Labute approximate surface area is 69.4 Å². The average Bonchev–Trinajstić information content (AvgIpc) is 2.60. The number of hydrogen-bond acceptors (Lipinski definition) is 3. The molecule has 5 nitrogen and oxygen atoms in total. The van der Waals surface area contributed by atoms with Crippen molar-refractivity contribution in [3.63, 3.8) is 0 Å². The topological polar surface area (TPSA) is 96.5 Å². The molecule has 1 heterocycles. The van der Waals surface area contributed by atoms with Crippen LogP contribution in [0.2, 0.25) is 0 Å². The predicted octanol–water partition coefficient (Wildman–Crippen LogP) is -0.478. The van der Waals surface area contributed by atoms with Gasteiger partial charge in [0.2, 0.25) is 5.54 Å². The molecular formula is C7H11NO4. The van der Waals surface area contributed by atoms with Crippen LogP contribution in [-0.2, 0) is 9.59 Å². The average molecular weight is 173 g/mol. The van der Waals surface area contributed by atoms with Gasteiger partial charge < -0.3 is 10.2 Å². The van der Waals surface area contributed by atoms with Crippen molar-refractivity contribution in [2.75, 3.05) is 0 Å². The molecule has 0 aromatic carbocycles. The highest BCUT2D eigenvalue weighted by Gasteiger charge is 2.67. The van der Waals surface area contributed by atoms with Gasteiger partial charge in [-0.1, -0.05) is 13.8 Å². The lowest BCUT2D eigenvalue weighted by molar-refractivity contribution is -0.152. The quantitative estimate of drug-likeness (QED) is 0.395. The number of carboxylic acid groups (broad SMARTS) is 2. The highest BCUT2D eigenvalue weighted by molar-refractivity contribution is 6.08. The third kappa shape index (κ3) is 0.972. The molecule has 0 saturated carbocycles. The van der Waals surface area contributed by atoms with Crippen molar-refractivity contribution >= 4 is 11.9 Å². The minimum atomic E-state index is -1.73. The molecular weight excluding hydrogens is 162 g/mol. The van der Waals surface area contributed by atoms with Gasteiger partial charge in [-0.05, 0) is 5.92 Å². The monoisotopic (exact) mass is 173 g/mol. The van der Waals surface area contributed by atoms with E-state index in [0.29, 0.717) is 0 Å². The van der Waals surface area contributed by atoms with Crippen LogP contribution >= 0.6 is 0 Å². The Morgan fingerprint density at radius 1 is 1.33 bits per heavy atom. The molecule has 5 heteroatoms. The summed E-state index contributed by atoms with van der Waals surface area (Å²) in [4.78, 5) is 21.2. The summed E-state index contributed by atoms with van der Waals surface area (Å²) in [6.07, 6.45) is 0. The zero-order chi connectivity index (χ0) is 9.52. The van der Waals surface area contributed by atoms with Gasteiger partial charge >= 0.3 is 11.9 Å². The van der Waals surface area contributed by atoms with Crippen LogP contribution in [0.5, 0.6) is 0 Å². The summed E-state index contributed by atoms with van der Waals surface area (Å²) in [5.41, 5.74) is -1.73. The first-order valence-corrected chi connectivity index (χ1v) is 3.67. The largest absolute Gasteiger partial charge is 0.479 e. The van der Waals surface area contributed by atoms with Crippen LogP contribution in [0.25, 0.3) is 0 Å². The Morgan fingerprint density at radius 3 is 1.83 bits per heavy atom. The van der Waals surface area contributed by atoms with Crippen LogP contribution in [0.1, 0.15) is 13.8 Å². The third-order valence-electron chi connectivity index (χ3n) is 2.11. The van der Waals surface area contributed by atoms with Crippen molar-refractivity contribution in [1.29, 1.82) is 0 Å². The van der Waals surface area contributed by atoms with Gasteiger partial charge in [0.15, 0.2) is 0 Å². The second kappa shape index (κ2) is 2.45. The molecule has 0 aliphatic carbocycles. The number of hydrogen-bond donors (Lipinski definition) is 3. The fraction of sp³-hybridized carbons (Fsp3) is 0.714. The van der Waals surface area contributed by atoms with Crippen molar-refractivity contribution in [3.05, 3.63) is 0 Å². The lowest BCUT2D eigenvalue weighted by Gasteiger charge is -2.05. The molecule has 12 heavy (non-hydrogen) atoms. The Kier molecular flexibility index (Phi) is 1.83. The van der Waals surface area contributed by atoms with E-state index in [1.165, 1.54) is 0 Å². The molecule has 1 atom stereocenters. The highest BCUT2D eigenvalue weighted by Crippen LogP contribution is 2.32. The molecule has 68 valence electrons. The van der Waals surface area contributed by atoms with E-state index in [2.05, 4.69) is 5.32 Å². The number of carbonyl (C=O) groups is 2. The van der Waals surface area contributed by atoms with E-state index in [-0.39, 0.29) is 5.92 Å². The molecule has 0 aromatic rings. The van der Waals surface area contributed by atoms with E-state index in [4.69, 9.17) is 10.2 Å². The number of rotatable bonds is 3. The molecule has 1 saturated heterocycles. The Bertz CT molecular complexity index is 222.